The molecule has 3 rings (SSSR count). The maximum absolute atomic E-state index is 12.6. The van der Waals surface area contributed by atoms with Gasteiger partial charge in [0.2, 0.25) is 11.8 Å². The van der Waals surface area contributed by atoms with Crippen LogP contribution in [0.5, 0.6) is 0 Å². The molecule has 0 aromatic heterocycles. The third kappa shape index (κ3) is 3.56. The zero-order valence-corrected chi connectivity index (χ0v) is 16.2. The van der Waals surface area contributed by atoms with Gasteiger partial charge in [0, 0.05) is 12.7 Å². The van der Waals surface area contributed by atoms with Gasteiger partial charge in [0.05, 0.1) is 11.8 Å². The SMILES string of the molecule is C[C@H](OC(=O)[C@H](C)N1C(=O)[C@H]2CC=CC[C@@H]2C1=O)C(=O)N(C)c1ccccc1. The van der Waals surface area contributed by atoms with Crippen LogP contribution in [0.3, 0.4) is 0 Å². The van der Waals surface area contributed by atoms with E-state index in [0.717, 1.165) is 4.90 Å². The van der Waals surface area contributed by atoms with E-state index in [1.807, 2.05) is 18.2 Å². The van der Waals surface area contributed by atoms with E-state index >= 15 is 0 Å². The Morgan fingerprint density at radius 1 is 1.04 bits per heavy atom. The average molecular weight is 384 g/mol. The molecule has 1 fully saturated rings. The highest BCUT2D eigenvalue weighted by Gasteiger charge is 2.50. The van der Waals surface area contributed by atoms with Gasteiger partial charge in [0.25, 0.3) is 5.91 Å². The fraction of sp³-hybridized carbons (Fsp3) is 0.429. The number of para-hydroxylation sites is 1. The van der Waals surface area contributed by atoms with Gasteiger partial charge in [-0.1, -0.05) is 30.4 Å². The first kappa shape index (κ1) is 19.8. The molecule has 0 bridgehead atoms. The zero-order chi connectivity index (χ0) is 20.4. The van der Waals surface area contributed by atoms with Crippen LogP contribution in [-0.4, -0.2) is 47.8 Å². The topological polar surface area (TPSA) is 84.0 Å². The van der Waals surface area contributed by atoms with Crippen LogP contribution < -0.4 is 4.90 Å². The van der Waals surface area contributed by atoms with Crippen molar-refractivity contribution in [2.24, 2.45) is 11.8 Å². The number of rotatable bonds is 5. The Morgan fingerprint density at radius 2 is 1.57 bits per heavy atom. The summed E-state index contributed by atoms with van der Waals surface area (Å²) in [5.41, 5.74) is 0.671. The van der Waals surface area contributed by atoms with E-state index < -0.39 is 35.9 Å². The number of hydrogen-bond donors (Lipinski definition) is 0. The van der Waals surface area contributed by atoms with Crippen LogP contribution in [0.1, 0.15) is 26.7 Å². The van der Waals surface area contributed by atoms with Crippen LogP contribution in [0.15, 0.2) is 42.5 Å². The molecule has 1 aromatic rings. The number of likely N-dealkylation sites (tertiary alicyclic amines) is 1. The molecule has 1 aromatic carbocycles. The van der Waals surface area contributed by atoms with E-state index in [-0.39, 0.29) is 11.8 Å². The average Bonchev–Trinajstić information content (AvgIpc) is 2.97. The number of likely N-dealkylation sites (N-methyl/N-ethyl adjacent to an activating group) is 1. The minimum atomic E-state index is -1.07. The minimum Gasteiger partial charge on any atom is -0.451 e. The number of nitrogens with zero attached hydrogens (tertiary/aromatic N) is 2. The Kier molecular flexibility index (Phi) is 5.63. The molecule has 7 nitrogen and oxygen atoms in total. The number of amides is 3. The van der Waals surface area contributed by atoms with Crippen molar-refractivity contribution in [1.82, 2.24) is 4.90 Å². The van der Waals surface area contributed by atoms with Crippen LogP contribution in [-0.2, 0) is 23.9 Å². The van der Waals surface area contributed by atoms with Crippen molar-refractivity contribution < 1.29 is 23.9 Å². The number of benzene rings is 1. The smallest absolute Gasteiger partial charge is 0.329 e. The van der Waals surface area contributed by atoms with Crippen LogP contribution in [0, 0.1) is 11.8 Å². The van der Waals surface area contributed by atoms with Crippen molar-refractivity contribution >= 4 is 29.4 Å². The summed E-state index contributed by atoms with van der Waals surface area (Å²) in [6.45, 7) is 2.94. The first-order chi connectivity index (χ1) is 13.3. The van der Waals surface area contributed by atoms with Crippen molar-refractivity contribution in [2.75, 3.05) is 11.9 Å². The van der Waals surface area contributed by atoms with Gasteiger partial charge in [-0.15, -0.1) is 0 Å². The molecule has 4 atom stereocenters. The highest BCUT2D eigenvalue weighted by Crippen LogP contribution is 2.36. The summed E-state index contributed by atoms with van der Waals surface area (Å²) in [6, 6.07) is 7.92. The number of ether oxygens (including phenoxy) is 1. The maximum atomic E-state index is 12.6. The van der Waals surface area contributed by atoms with Gasteiger partial charge < -0.3 is 9.64 Å². The van der Waals surface area contributed by atoms with E-state index in [1.165, 1.54) is 18.7 Å². The molecule has 1 heterocycles. The van der Waals surface area contributed by atoms with Crippen molar-refractivity contribution in [1.29, 1.82) is 0 Å². The molecule has 0 N–H and O–H groups in total. The molecular weight excluding hydrogens is 360 g/mol. The molecule has 0 saturated carbocycles. The van der Waals surface area contributed by atoms with E-state index in [0.29, 0.717) is 18.5 Å². The Hall–Kier alpha value is -2.96. The van der Waals surface area contributed by atoms with E-state index in [4.69, 9.17) is 4.74 Å². The van der Waals surface area contributed by atoms with Gasteiger partial charge in [-0.2, -0.15) is 0 Å². The van der Waals surface area contributed by atoms with E-state index in [2.05, 4.69) is 0 Å². The molecule has 3 amide bonds. The third-order valence-corrected chi connectivity index (χ3v) is 5.38. The maximum Gasteiger partial charge on any atom is 0.329 e. The molecule has 28 heavy (non-hydrogen) atoms. The number of hydrogen-bond acceptors (Lipinski definition) is 5. The second-order valence-electron chi connectivity index (χ2n) is 7.19. The van der Waals surface area contributed by atoms with E-state index in [9.17, 15) is 19.2 Å². The summed E-state index contributed by atoms with van der Waals surface area (Å²) >= 11 is 0. The first-order valence-corrected chi connectivity index (χ1v) is 9.38. The predicted octanol–water partition coefficient (Wildman–Crippen LogP) is 1.92. The monoisotopic (exact) mass is 384 g/mol. The fourth-order valence-electron chi connectivity index (χ4n) is 3.69. The number of carbonyl (C=O) groups excluding carboxylic acids is 4. The Morgan fingerprint density at radius 3 is 2.11 bits per heavy atom. The van der Waals surface area contributed by atoms with Crippen LogP contribution in [0.25, 0.3) is 0 Å². The lowest BCUT2D eigenvalue weighted by atomic mass is 9.85. The first-order valence-electron chi connectivity index (χ1n) is 9.38. The Balaban J connectivity index is 1.64. The fourth-order valence-corrected chi connectivity index (χ4v) is 3.69. The second kappa shape index (κ2) is 7.96. The summed E-state index contributed by atoms with van der Waals surface area (Å²) in [6.07, 6.45) is 3.74. The quantitative estimate of drug-likeness (QED) is 0.440. The number of carbonyl (C=O) groups is 4. The predicted molar refractivity (Wildman–Crippen MR) is 102 cm³/mol. The molecule has 148 valence electrons. The zero-order valence-electron chi connectivity index (χ0n) is 16.2. The van der Waals surface area contributed by atoms with Gasteiger partial charge in [-0.3, -0.25) is 19.3 Å². The third-order valence-electron chi connectivity index (χ3n) is 5.38. The Bertz CT molecular complexity index is 793. The van der Waals surface area contributed by atoms with Crippen molar-refractivity contribution in [2.45, 2.75) is 38.8 Å². The molecule has 0 radical (unpaired) electrons. The summed E-state index contributed by atoms with van der Waals surface area (Å²) in [7, 11) is 1.59. The van der Waals surface area contributed by atoms with Crippen LogP contribution in [0.4, 0.5) is 5.69 Å². The number of fused-ring (bicyclic) bond motifs is 1. The lowest BCUT2D eigenvalue weighted by Gasteiger charge is -2.25. The van der Waals surface area contributed by atoms with Gasteiger partial charge in [0.15, 0.2) is 6.10 Å². The van der Waals surface area contributed by atoms with Crippen molar-refractivity contribution in [3.05, 3.63) is 42.5 Å². The summed E-state index contributed by atoms with van der Waals surface area (Å²) in [4.78, 5) is 52.7. The largest absolute Gasteiger partial charge is 0.451 e. The molecule has 0 unspecified atom stereocenters. The summed E-state index contributed by atoms with van der Waals surface area (Å²) in [5, 5.41) is 0. The molecule has 2 aliphatic rings. The van der Waals surface area contributed by atoms with Gasteiger partial charge >= 0.3 is 5.97 Å². The summed E-state index contributed by atoms with van der Waals surface area (Å²) in [5.74, 6) is -2.67. The van der Waals surface area contributed by atoms with Crippen LogP contribution in [0.2, 0.25) is 0 Å². The highest BCUT2D eigenvalue weighted by atomic mass is 16.5. The van der Waals surface area contributed by atoms with E-state index in [1.54, 1.807) is 31.3 Å². The van der Waals surface area contributed by atoms with Crippen molar-refractivity contribution in [3.8, 4) is 0 Å². The molecule has 7 heteroatoms. The highest BCUT2D eigenvalue weighted by molar-refractivity contribution is 6.08. The lowest BCUT2D eigenvalue weighted by Crippen LogP contribution is -2.47. The van der Waals surface area contributed by atoms with Gasteiger partial charge in [0.1, 0.15) is 6.04 Å². The van der Waals surface area contributed by atoms with Crippen LogP contribution >= 0.6 is 0 Å². The van der Waals surface area contributed by atoms with Gasteiger partial charge in [-0.05, 0) is 38.8 Å². The minimum absolute atomic E-state index is 0.343. The van der Waals surface area contributed by atoms with Crippen molar-refractivity contribution in [3.63, 3.8) is 0 Å². The molecule has 1 aliphatic carbocycles. The molecule has 1 aliphatic heterocycles. The number of anilines is 1. The molecule has 1 saturated heterocycles. The normalized spacial score (nSPS) is 23.2. The molecule has 0 spiro atoms. The number of esters is 1. The summed E-state index contributed by atoms with van der Waals surface area (Å²) < 4.78 is 5.29. The van der Waals surface area contributed by atoms with Gasteiger partial charge in [-0.25, -0.2) is 4.79 Å². The molecular formula is C21H24N2O5. The Labute approximate surface area is 163 Å². The standard InChI is InChI=1S/C21H24N2O5/c1-13(23-19(25)16-11-7-8-12-17(16)20(23)26)21(27)28-14(2)18(24)22(3)15-9-5-4-6-10-15/h4-10,13-14,16-17H,11-12H2,1-3H3/t13-,14-,16-,17-/m0/s1. The number of imide groups is 1. The number of allylic oxidation sites excluding steroid dienone is 2. The lowest BCUT2D eigenvalue weighted by molar-refractivity contribution is -0.163. The second-order valence-corrected chi connectivity index (χ2v) is 7.19.